The summed E-state index contributed by atoms with van der Waals surface area (Å²) in [6, 6.07) is 3.45. The van der Waals surface area contributed by atoms with E-state index in [1.54, 1.807) is 6.20 Å². The maximum atomic E-state index is 11.7. The molecule has 1 aromatic rings. The first-order chi connectivity index (χ1) is 9.24. The highest BCUT2D eigenvalue weighted by Crippen LogP contribution is 2.04. The Bertz CT molecular complexity index is 417. The van der Waals surface area contributed by atoms with E-state index in [2.05, 4.69) is 20.9 Å². The second kappa shape index (κ2) is 7.06. The van der Waals surface area contributed by atoms with Crippen molar-refractivity contribution in [3.63, 3.8) is 0 Å². The number of carbonyl (C=O) groups is 1. The predicted molar refractivity (Wildman–Crippen MR) is 73.2 cm³/mol. The number of pyridine rings is 1. The number of hydrogen-bond donors (Lipinski definition) is 3. The van der Waals surface area contributed by atoms with Crippen LogP contribution in [0.2, 0.25) is 0 Å². The molecule has 19 heavy (non-hydrogen) atoms. The van der Waals surface area contributed by atoms with Crippen LogP contribution in [0.5, 0.6) is 0 Å². The number of urea groups is 1. The number of hydrogen-bond acceptors (Lipinski definition) is 4. The van der Waals surface area contributed by atoms with E-state index in [1.807, 2.05) is 19.1 Å². The first-order valence-electron chi connectivity index (χ1n) is 6.54. The third-order valence-electron chi connectivity index (χ3n) is 2.87. The van der Waals surface area contributed by atoms with Gasteiger partial charge in [-0.2, -0.15) is 0 Å². The van der Waals surface area contributed by atoms with Gasteiger partial charge >= 0.3 is 6.03 Å². The Kier molecular flexibility index (Phi) is 5.11. The van der Waals surface area contributed by atoms with E-state index in [0.717, 1.165) is 31.7 Å². The van der Waals surface area contributed by atoms with Crippen LogP contribution in [0, 0.1) is 6.92 Å². The fourth-order valence-electron chi connectivity index (χ4n) is 1.87. The van der Waals surface area contributed by atoms with Crippen LogP contribution in [0.3, 0.4) is 0 Å². The molecule has 0 spiro atoms. The van der Waals surface area contributed by atoms with Crippen molar-refractivity contribution < 1.29 is 9.53 Å². The third kappa shape index (κ3) is 4.84. The molecule has 0 bridgehead atoms. The van der Waals surface area contributed by atoms with Crippen LogP contribution in [0.25, 0.3) is 0 Å². The molecule has 3 N–H and O–H groups in total. The standard InChI is InChI=1S/C13H20N4O2/c1-10-3-5-15-12(7-10)17-13(18)16-9-11-8-14-4-2-6-19-11/h3,5,7,11,14H,2,4,6,8-9H2,1H3,(H2,15,16,17,18). The fourth-order valence-corrected chi connectivity index (χ4v) is 1.87. The molecule has 1 saturated heterocycles. The number of nitrogens with one attached hydrogen (secondary N) is 3. The molecular weight excluding hydrogens is 244 g/mol. The van der Waals surface area contributed by atoms with Crippen LogP contribution in [0.1, 0.15) is 12.0 Å². The van der Waals surface area contributed by atoms with E-state index in [1.165, 1.54) is 0 Å². The third-order valence-corrected chi connectivity index (χ3v) is 2.87. The van der Waals surface area contributed by atoms with Gasteiger partial charge in [-0.25, -0.2) is 9.78 Å². The first-order valence-corrected chi connectivity index (χ1v) is 6.54. The van der Waals surface area contributed by atoms with E-state index in [-0.39, 0.29) is 12.1 Å². The molecule has 1 atom stereocenters. The smallest absolute Gasteiger partial charge is 0.320 e. The number of aryl methyl sites for hydroxylation is 1. The molecule has 104 valence electrons. The lowest BCUT2D eigenvalue weighted by molar-refractivity contribution is 0.0689. The zero-order chi connectivity index (χ0) is 13.5. The maximum absolute atomic E-state index is 11.7. The Labute approximate surface area is 112 Å². The minimum absolute atomic E-state index is 0.0266. The van der Waals surface area contributed by atoms with Gasteiger partial charge in [-0.3, -0.25) is 5.32 Å². The lowest BCUT2D eigenvalue weighted by Gasteiger charge is -2.15. The summed E-state index contributed by atoms with van der Waals surface area (Å²) >= 11 is 0. The Morgan fingerprint density at radius 1 is 1.63 bits per heavy atom. The normalized spacial score (nSPS) is 19.5. The van der Waals surface area contributed by atoms with Crippen LogP contribution in [0.15, 0.2) is 18.3 Å². The number of carbonyl (C=O) groups excluding carboxylic acids is 1. The summed E-state index contributed by atoms with van der Waals surface area (Å²) in [5.74, 6) is 0.553. The monoisotopic (exact) mass is 264 g/mol. The Morgan fingerprint density at radius 3 is 3.37 bits per heavy atom. The predicted octanol–water partition coefficient (Wildman–Crippen LogP) is 0.890. The molecule has 1 aromatic heterocycles. The molecule has 2 heterocycles. The Balaban J connectivity index is 1.75. The Morgan fingerprint density at radius 2 is 2.53 bits per heavy atom. The number of ether oxygens (including phenoxy) is 1. The van der Waals surface area contributed by atoms with Crippen LogP contribution < -0.4 is 16.0 Å². The molecule has 6 nitrogen and oxygen atoms in total. The van der Waals surface area contributed by atoms with E-state index in [4.69, 9.17) is 4.74 Å². The zero-order valence-electron chi connectivity index (χ0n) is 11.1. The van der Waals surface area contributed by atoms with Crippen LogP contribution in [-0.2, 0) is 4.74 Å². The summed E-state index contributed by atoms with van der Waals surface area (Å²) < 4.78 is 5.60. The summed E-state index contributed by atoms with van der Waals surface area (Å²) in [5.41, 5.74) is 1.06. The van der Waals surface area contributed by atoms with Crippen molar-refractivity contribution in [2.24, 2.45) is 0 Å². The van der Waals surface area contributed by atoms with Crippen molar-refractivity contribution in [2.75, 3.05) is 31.6 Å². The molecule has 0 aliphatic carbocycles. The minimum atomic E-state index is -0.258. The lowest BCUT2D eigenvalue weighted by atomic mass is 10.3. The molecule has 1 fully saturated rings. The van der Waals surface area contributed by atoms with Gasteiger partial charge in [0.25, 0.3) is 0 Å². The Hall–Kier alpha value is -1.66. The van der Waals surface area contributed by atoms with E-state index in [0.29, 0.717) is 12.4 Å². The number of anilines is 1. The molecular formula is C13H20N4O2. The second-order valence-electron chi connectivity index (χ2n) is 4.60. The van der Waals surface area contributed by atoms with Gasteiger partial charge in [0.2, 0.25) is 0 Å². The van der Waals surface area contributed by atoms with Crippen LogP contribution in [0.4, 0.5) is 10.6 Å². The highest BCUT2D eigenvalue weighted by Gasteiger charge is 2.13. The van der Waals surface area contributed by atoms with Crippen molar-refractivity contribution >= 4 is 11.8 Å². The van der Waals surface area contributed by atoms with Gasteiger partial charge in [0.05, 0.1) is 6.10 Å². The molecule has 6 heteroatoms. The van der Waals surface area contributed by atoms with Crippen molar-refractivity contribution in [3.8, 4) is 0 Å². The SMILES string of the molecule is Cc1ccnc(NC(=O)NCC2CNCCCO2)c1. The van der Waals surface area contributed by atoms with Crippen LogP contribution >= 0.6 is 0 Å². The van der Waals surface area contributed by atoms with Gasteiger partial charge < -0.3 is 15.4 Å². The average Bonchev–Trinajstić information content (AvgIpc) is 2.65. The van der Waals surface area contributed by atoms with Crippen molar-refractivity contribution in [1.29, 1.82) is 0 Å². The summed E-state index contributed by atoms with van der Waals surface area (Å²) in [5, 5.41) is 8.76. The number of nitrogens with zero attached hydrogens (tertiary/aromatic N) is 1. The highest BCUT2D eigenvalue weighted by molar-refractivity contribution is 5.88. The molecule has 1 unspecified atom stereocenters. The molecule has 2 amide bonds. The maximum Gasteiger partial charge on any atom is 0.320 e. The molecule has 2 rings (SSSR count). The van der Waals surface area contributed by atoms with E-state index < -0.39 is 0 Å². The first kappa shape index (κ1) is 13.8. The zero-order valence-corrected chi connectivity index (χ0v) is 11.1. The van der Waals surface area contributed by atoms with Gasteiger partial charge in [0, 0.05) is 25.9 Å². The molecule has 1 aliphatic heterocycles. The quantitative estimate of drug-likeness (QED) is 0.758. The molecule has 1 aliphatic rings. The van der Waals surface area contributed by atoms with Crippen molar-refractivity contribution in [2.45, 2.75) is 19.4 Å². The van der Waals surface area contributed by atoms with Gasteiger partial charge in [0.1, 0.15) is 5.82 Å². The van der Waals surface area contributed by atoms with Crippen LogP contribution in [-0.4, -0.2) is 43.4 Å². The number of aromatic nitrogens is 1. The summed E-state index contributed by atoms with van der Waals surface area (Å²) in [4.78, 5) is 15.8. The van der Waals surface area contributed by atoms with Gasteiger partial charge in [0.15, 0.2) is 0 Å². The average molecular weight is 264 g/mol. The number of rotatable bonds is 3. The van der Waals surface area contributed by atoms with Gasteiger partial charge in [-0.1, -0.05) is 0 Å². The minimum Gasteiger partial charge on any atom is -0.375 e. The van der Waals surface area contributed by atoms with Gasteiger partial charge in [-0.05, 0) is 37.6 Å². The molecule has 0 aromatic carbocycles. The lowest BCUT2D eigenvalue weighted by Crippen LogP contribution is -2.40. The summed E-state index contributed by atoms with van der Waals surface area (Å²) in [7, 11) is 0. The van der Waals surface area contributed by atoms with Crippen molar-refractivity contribution in [1.82, 2.24) is 15.6 Å². The topological polar surface area (TPSA) is 75.3 Å². The molecule has 0 saturated carbocycles. The van der Waals surface area contributed by atoms with Crippen molar-refractivity contribution in [3.05, 3.63) is 23.9 Å². The fraction of sp³-hybridized carbons (Fsp3) is 0.538. The highest BCUT2D eigenvalue weighted by atomic mass is 16.5. The largest absolute Gasteiger partial charge is 0.375 e. The summed E-state index contributed by atoms with van der Waals surface area (Å²) in [6.07, 6.45) is 2.71. The van der Waals surface area contributed by atoms with E-state index in [9.17, 15) is 4.79 Å². The second-order valence-corrected chi connectivity index (χ2v) is 4.60. The number of amides is 2. The van der Waals surface area contributed by atoms with E-state index >= 15 is 0 Å². The van der Waals surface area contributed by atoms with Gasteiger partial charge in [-0.15, -0.1) is 0 Å². The summed E-state index contributed by atoms with van der Waals surface area (Å²) in [6.45, 7) is 4.92. The molecule has 0 radical (unpaired) electrons.